The van der Waals surface area contributed by atoms with E-state index < -0.39 is 10.0 Å². The van der Waals surface area contributed by atoms with Crippen LogP contribution in [0, 0.1) is 0 Å². The van der Waals surface area contributed by atoms with Crippen LogP contribution < -0.4 is 0 Å². The molecule has 0 fully saturated rings. The monoisotopic (exact) mass is 746 g/mol. The maximum Gasteiger partial charge on any atom is 0.0541 e. The van der Waals surface area contributed by atoms with Gasteiger partial charge in [-0.2, -0.15) is 0 Å². The smallest absolute Gasteiger partial charge is 0.0541 e. The van der Waals surface area contributed by atoms with E-state index in [9.17, 15) is 0 Å². The predicted octanol–water partition coefficient (Wildman–Crippen LogP) is 14.9. The summed E-state index contributed by atoms with van der Waals surface area (Å²) >= 11 is 0. The number of benzene rings is 9. The van der Waals surface area contributed by atoms with E-state index in [1.165, 1.54) is 74.3 Å². The zero-order valence-corrected chi connectivity index (χ0v) is 32.1. The Morgan fingerprint density at radius 3 is 1.16 bits per heavy atom. The van der Waals surface area contributed by atoms with Crippen LogP contribution in [-0.4, -0.2) is 9.13 Å². The van der Waals surface area contributed by atoms with Crippen molar-refractivity contribution >= 4 is 53.6 Å². The summed E-state index contributed by atoms with van der Waals surface area (Å²) in [4.78, 5) is 5.24. The third-order valence-electron chi connectivity index (χ3n) is 11.4. The van der Waals surface area contributed by atoms with Gasteiger partial charge in [0.15, 0.2) is 0 Å². The van der Waals surface area contributed by atoms with Crippen LogP contribution in [-0.2, 0) is 0 Å². The molecule has 11 aromatic rings. The van der Waals surface area contributed by atoms with Gasteiger partial charge < -0.3 is 9.13 Å². The first kappa shape index (κ1) is 33.3. The number of fused-ring (bicyclic) bond motifs is 6. The van der Waals surface area contributed by atoms with Crippen LogP contribution >= 0.6 is 10.0 Å². The van der Waals surface area contributed by atoms with E-state index in [0.29, 0.717) is 0 Å². The second kappa shape index (κ2) is 13.6. The number of aromatic nitrogens is 2. The molecule has 0 radical (unpaired) electrons. The van der Waals surface area contributed by atoms with Crippen molar-refractivity contribution in [2.24, 2.45) is 0 Å². The lowest BCUT2D eigenvalue weighted by Crippen LogP contribution is -2.06. The normalized spacial score (nSPS) is 12.1. The van der Waals surface area contributed by atoms with Gasteiger partial charge in [0.2, 0.25) is 0 Å². The first-order chi connectivity index (χ1) is 28.3. The maximum absolute atomic E-state index is 2.46. The summed E-state index contributed by atoms with van der Waals surface area (Å²) in [6.07, 6.45) is 0. The molecule has 0 N–H and O–H groups in total. The largest absolute Gasteiger partial charge is 0.309 e. The first-order valence-electron chi connectivity index (χ1n) is 19.5. The Hall–Kier alpha value is -7.07. The molecule has 0 aliphatic heterocycles. The van der Waals surface area contributed by atoms with E-state index in [1.54, 1.807) is 0 Å². The van der Waals surface area contributed by atoms with E-state index in [-0.39, 0.29) is 0 Å². The van der Waals surface area contributed by atoms with Crippen molar-refractivity contribution in [1.82, 2.24) is 9.13 Å². The molecule has 0 aliphatic carbocycles. The van der Waals surface area contributed by atoms with Gasteiger partial charge in [0.1, 0.15) is 0 Å². The first-order valence-corrected chi connectivity index (χ1v) is 21.1. The molecule has 0 atom stereocenters. The van der Waals surface area contributed by atoms with Crippen LogP contribution in [0.15, 0.2) is 250 Å². The molecular formula is C54H38N2S. The van der Waals surface area contributed by atoms with Crippen molar-refractivity contribution in [1.29, 1.82) is 0 Å². The van der Waals surface area contributed by atoms with E-state index in [4.69, 9.17) is 0 Å². The Balaban J connectivity index is 1.09. The number of para-hydroxylation sites is 3. The molecule has 2 nitrogen and oxygen atoms in total. The third-order valence-corrected chi connectivity index (χ3v) is 15.3. The average Bonchev–Trinajstić information content (AvgIpc) is 3.81. The van der Waals surface area contributed by atoms with Crippen molar-refractivity contribution < 1.29 is 0 Å². The van der Waals surface area contributed by atoms with Gasteiger partial charge in [-0.3, -0.25) is 0 Å². The van der Waals surface area contributed by atoms with Gasteiger partial charge in [0, 0.05) is 52.5 Å². The highest BCUT2D eigenvalue weighted by Crippen LogP contribution is 2.73. The summed E-state index contributed by atoms with van der Waals surface area (Å²) in [7, 11) is -1.84. The molecule has 2 aromatic heterocycles. The summed E-state index contributed by atoms with van der Waals surface area (Å²) in [5, 5.41) is 5.02. The van der Waals surface area contributed by atoms with E-state index in [1.807, 2.05) is 0 Å². The van der Waals surface area contributed by atoms with Gasteiger partial charge >= 0.3 is 0 Å². The highest BCUT2D eigenvalue weighted by molar-refractivity contribution is 8.34. The quantitative estimate of drug-likeness (QED) is 0.154. The van der Waals surface area contributed by atoms with Gasteiger partial charge in [-0.1, -0.05) is 133 Å². The second-order valence-electron chi connectivity index (χ2n) is 14.6. The fraction of sp³-hybridized carbons (Fsp3) is 0. The fourth-order valence-corrected chi connectivity index (χ4v) is 12.9. The number of nitrogens with zero attached hydrogens (tertiary/aromatic N) is 2. The Kier molecular flexibility index (Phi) is 7.94. The minimum absolute atomic E-state index is 1.15. The maximum atomic E-state index is 2.46. The molecule has 270 valence electrons. The van der Waals surface area contributed by atoms with Gasteiger partial charge in [-0.05, 0) is 108 Å². The highest BCUT2D eigenvalue weighted by atomic mass is 32.3. The van der Waals surface area contributed by atoms with Crippen LogP contribution in [0.2, 0.25) is 0 Å². The van der Waals surface area contributed by atoms with Crippen molar-refractivity contribution in [3.63, 3.8) is 0 Å². The molecule has 0 saturated heterocycles. The summed E-state index contributed by atoms with van der Waals surface area (Å²) in [5.74, 6) is 0. The molecule has 9 aromatic carbocycles. The molecule has 2 heterocycles. The molecule has 0 bridgehead atoms. The minimum Gasteiger partial charge on any atom is -0.309 e. The van der Waals surface area contributed by atoms with E-state index >= 15 is 0 Å². The average molecular weight is 747 g/mol. The van der Waals surface area contributed by atoms with Crippen LogP contribution in [0.25, 0.3) is 66.1 Å². The zero-order chi connectivity index (χ0) is 37.8. The zero-order valence-electron chi connectivity index (χ0n) is 31.2. The molecule has 57 heavy (non-hydrogen) atoms. The third kappa shape index (κ3) is 5.28. The molecule has 0 spiro atoms. The molecule has 3 heteroatoms. The Morgan fingerprint density at radius 2 is 0.632 bits per heavy atom. The lowest BCUT2D eigenvalue weighted by molar-refractivity contribution is 1.15. The summed E-state index contributed by atoms with van der Waals surface area (Å²) in [6, 6.07) is 84.8. The van der Waals surface area contributed by atoms with Crippen molar-refractivity contribution in [2.45, 2.75) is 19.6 Å². The van der Waals surface area contributed by atoms with Crippen molar-refractivity contribution in [3.8, 4) is 22.5 Å². The van der Waals surface area contributed by atoms with Crippen LogP contribution in [0.3, 0.4) is 0 Å². The predicted molar refractivity (Wildman–Crippen MR) is 241 cm³/mol. The lowest BCUT2D eigenvalue weighted by Gasteiger charge is -2.42. The lowest BCUT2D eigenvalue weighted by atomic mass is 10.0. The topological polar surface area (TPSA) is 9.86 Å². The minimum atomic E-state index is -1.84. The Morgan fingerprint density at radius 1 is 0.246 bits per heavy atom. The molecule has 0 amide bonds. The Labute approximate surface area is 333 Å². The van der Waals surface area contributed by atoms with Gasteiger partial charge in [-0.15, -0.1) is 10.0 Å². The molecule has 11 rings (SSSR count). The molecule has 0 saturated carbocycles. The number of hydrogen-bond acceptors (Lipinski definition) is 0. The standard InChI is InChI=1S/C54H38N2S/c1-4-21-43(22-5-1)57(44-23-6-2-7-24-44,45-25-8-3-9-26-45)46-27-17-20-42(38-46)56-53-33-15-12-30-49(53)50-37-40(34-35-54(50)56)39-18-16-19-41(36-39)55-51-31-13-10-28-47(51)48-29-11-14-32-52(48)55/h1-38H. The van der Waals surface area contributed by atoms with Gasteiger partial charge in [0.05, 0.1) is 22.1 Å². The van der Waals surface area contributed by atoms with Crippen molar-refractivity contribution in [3.05, 3.63) is 231 Å². The van der Waals surface area contributed by atoms with E-state index in [2.05, 4.69) is 240 Å². The molecular weight excluding hydrogens is 709 g/mol. The molecule has 0 unspecified atom stereocenters. The summed E-state index contributed by atoms with van der Waals surface area (Å²) in [5.41, 5.74) is 9.52. The second-order valence-corrected chi connectivity index (χ2v) is 17.7. The SMILES string of the molecule is c1ccc(S(c2ccccc2)(c2ccccc2)c2cccc(-n3c4ccccc4c4cc(-c5cccc(-n6c7ccccc7c7ccccc76)c5)ccc43)c2)cc1. The van der Waals surface area contributed by atoms with Crippen LogP contribution in [0.4, 0.5) is 0 Å². The van der Waals surface area contributed by atoms with Crippen molar-refractivity contribution in [2.75, 3.05) is 0 Å². The van der Waals surface area contributed by atoms with Crippen LogP contribution in [0.5, 0.6) is 0 Å². The molecule has 0 aliphatic rings. The summed E-state index contributed by atoms with van der Waals surface area (Å²) < 4.78 is 4.85. The van der Waals surface area contributed by atoms with Gasteiger partial charge in [-0.25, -0.2) is 0 Å². The number of rotatable bonds is 7. The van der Waals surface area contributed by atoms with E-state index in [0.717, 1.165) is 11.4 Å². The van der Waals surface area contributed by atoms with Gasteiger partial charge in [0.25, 0.3) is 0 Å². The van der Waals surface area contributed by atoms with Crippen LogP contribution in [0.1, 0.15) is 0 Å². The number of hydrogen-bond donors (Lipinski definition) is 0. The fourth-order valence-electron chi connectivity index (χ4n) is 8.96. The highest BCUT2D eigenvalue weighted by Gasteiger charge is 2.33. The Bertz CT molecular complexity index is 3080. The summed E-state index contributed by atoms with van der Waals surface area (Å²) in [6.45, 7) is 0.